The first-order valence-corrected chi connectivity index (χ1v) is 7.02. The Labute approximate surface area is 123 Å². The van der Waals surface area contributed by atoms with E-state index >= 15 is 0 Å². The number of hydrogen-bond acceptors (Lipinski definition) is 7. The Morgan fingerprint density at radius 2 is 1.86 bits per heavy atom. The number of piperazine rings is 1. The quantitative estimate of drug-likeness (QED) is 0.849. The van der Waals surface area contributed by atoms with E-state index in [1.165, 1.54) is 0 Å². The van der Waals surface area contributed by atoms with Gasteiger partial charge in [-0.25, -0.2) is 0 Å². The Bertz CT molecular complexity index is 575. The van der Waals surface area contributed by atoms with E-state index < -0.39 is 0 Å². The van der Waals surface area contributed by atoms with E-state index in [-0.39, 0.29) is 6.54 Å². The molecule has 1 aliphatic heterocycles. The Kier molecular flexibility index (Phi) is 4.03. The van der Waals surface area contributed by atoms with E-state index in [0.717, 1.165) is 31.9 Å². The SMILES string of the molecule is NCc1nc(CN2CCN(c3ccc(O)cc3)CC2)no1. The maximum atomic E-state index is 9.33. The third kappa shape index (κ3) is 3.32. The molecular weight excluding hydrogens is 270 g/mol. The van der Waals surface area contributed by atoms with Crippen LogP contribution >= 0.6 is 0 Å². The number of nitrogens with zero attached hydrogens (tertiary/aromatic N) is 4. The van der Waals surface area contributed by atoms with Gasteiger partial charge >= 0.3 is 0 Å². The summed E-state index contributed by atoms with van der Waals surface area (Å²) in [6.07, 6.45) is 0. The monoisotopic (exact) mass is 289 g/mol. The standard InChI is InChI=1S/C14H19N5O2/c15-9-14-16-13(17-21-14)10-18-5-7-19(8-6-18)11-1-3-12(20)4-2-11/h1-4,20H,5-10,15H2. The molecule has 1 fully saturated rings. The highest BCUT2D eigenvalue weighted by molar-refractivity contribution is 5.49. The van der Waals surface area contributed by atoms with Crippen LogP contribution < -0.4 is 10.6 Å². The summed E-state index contributed by atoms with van der Waals surface area (Å²) in [5, 5.41) is 13.2. The number of hydrogen-bond donors (Lipinski definition) is 2. The van der Waals surface area contributed by atoms with Gasteiger partial charge in [-0.2, -0.15) is 4.98 Å². The molecule has 1 saturated heterocycles. The average Bonchev–Trinajstić information content (AvgIpc) is 2.97. The molecule has 0 atom stereocenters. The highest BCUT2D eigenvalue weighted by Gasteiger charge is 2.19. The predicted octanol–water partition coefficient (Wildman–Crippen LogP) is 0.556. The van der Waals surface area contributed by atoms with Gasteiger partial charge in [0.1, 0.15) is 5.75 Å². The van der Waals surface area contributed by atoms with Crippen LogP contribution in [0.15, 0.2) is 28.8 Å². The molecule has 2 heterocycles. The summed E-state index contributed by atoms with van der Waals surface area (Å²) < 4.78 is 5.01. The summed E-state index contributed by atoms with van der Waals surface area (Å²) in [6, 6.07) is 7.32. The number of rotatable bonds is 4. The van der Waals surface area contributed by atoms with Crippen LogP contribution in [0.2, 0.25) is 0 Å². The van der Waals surface area contributed by atoms with Crippen LogP contribution in [0.5, 0.6) is 5.75 Å². The molecule has 2 aromatic rings. The molecule has 0 aliphatic carbocycles. The van der Waals surface area contributed by atoms with Gasteiger partial charge < -0.3 is 20.3 Å². The zero-order valence-electron chi connectivity index (χ0n) is 11.8. The van der Waals surface area contributed by atoms with E-state index in [2.05, 4.69) is 19.9 Å². The summed E-state index contributed by atoms with van der Waals surface area (Å²) in [5.41, 5.74) is 6.59. The third-order valence-electron chi connectivity index (χ3n) is 3.64. The fraction of sp³-hybridized carbons (Fsp3) is 0.429. The second kappa shape index (κ2) is 6.11. The summed E-state index contributed by atoms with van der Waals surface area (Å²) in [7, 11) is 0. The Morgan fingerprint density at radius 1 is 1.14 bits per heavy atom. The van der Waals surface area contributed by atoms with Crippen LogP contribution in [-0.2, 0) is 13.1 Å². The lowest BCUT2D eigenvalue weighted by Gasteiger charge is -2.35. The van der Waals surface area contributed by atoms with Crippen molar-refractivity contribution in [1.82, 2.24) is 15.0 Å². The van der Waals surface area contributed by atoms with Crippen LogP contribution in [0.1, 0.15) is 11.7 Å². The molecule has 3 rings (SSSR count). The van der Waals surface area contributed by atoms with Crippen molar-refractivity contribution in [2.45, 2.75) is 13.1 Å². The van der Waals surface area contributed by atoms with Gasteiger partial charge in [0, 0.05) is 31.9 Å². The van der Waals surface area contributed by atoms with Crippen molar-refractivity contribution < 1.29 is 9.63 Å². The highest BCUT2D eigenvalue weighted by atomic mass is 16.5. The molecule has 0 saturated carbocycles. The van der Waals surface area contributed by atoms with Crippen LogP contribution in [0, 0.1) is 0 Å². The normalized spacial score (nSPS) is 16.3. The van der Waals surface area contributed by atoms with Crippen LogP contribution in [0.3, 0.4) is 0 Å². The van der Waals surface area contributed by atoms with Crippen LogP contribution in [-0.4, -0.2) is 46.3 Å². The van der Waals surface area contributed by atoms with Gasteiger partial charge in [-0.1, -0.05) is 5.16 Å². The van der Waals surface area contributed by atoms with Gasteiger partial charge in [0.25, 0.3) is 0 Å². The molecule has 7 heteroatoms. The number of aromatic hydroxyl groups is 1. The molecular formula is C14H19N5O2. The molecule has 1 aliphatic rings. The van der Waals surface area contributed by atoms with Gasteiger partial charge in [0.05, 0.1) is 13.1 Å². The first kappa shape index (κ1) is 13.8. The number of phenols is 1. The summed E-state index contributed by atoms with van der Waals surface area (Å²) in [6.45, 7) is 4.72. The van der Waals surface area contributed by atoms with E-state index in [1.807, 2.05) is 12.1 Å². The van der Waals surface area contributed by atoms with Gasteiger partial charge in [-0.05, 0) is 24.3 Å². The molecule has 0 bridgehead atoms. The fourth-order valence-electron chi connectivity index (χ4n) is 2.46. The maximum absolute atomic E-state index is 9.33. The second-order valence-electron chi connectivity index (χ2n) is 5.09. The average molecular weight is 289 g/mol. The van der Waals surface area contributed by atoms with Crippen molar-refractivity contribution in [3.8, 4) is 5.75 Å². The summed E-state index contributed by atoms with van der Waals surface area (Å²) in [5.74, 6) is 1.46. The number of phenolic OH excluding ortho intramolecular Hbond substituents is 1. The number of benzene rings is 1. The lowest BCUT2D eigenvalue weighted by Crippen LogP contribution is -2.46. The lowest BCUT2D eigenvalue weighted by molar-refractivity contribution is 0.240. The van der Waals surface area contributed by atoms with Crippen molar-refractivity contribution in [2.75, 3.05) is 31.1 Å². The first-order chi connectivity index (χ1) is 10.2. The highest BCUT2D eigenvalue weighted by Crippen LogP contribution is 2.20. The van der Waals surface area contributed by atoms with E-state index in [1.54, 1.807) is 12.1 Å². The van der Waals surface area contributed by atoms with Crippen molar-refractivity contribution in [2.24, 2.45) is 5.73 Å². The zero-order valence-corrected chi connectivity index (χ0v) is 11.8. The topological polar surface area (TPSA) is 91.7 Å². The minimum absolute atomic E-state index is 0.279. The molecule has 0 unspecified atom stereocenters. The smallest absolute Gasteiger partial charge is 0.240 e. The number of nitrogens with two attached hydrogens (primary N) is 1. The molecule has 0 radical (unpaired) electrons. The molecule has 0 amide bonds. The van der Waals surface area contributed by atoms with Crippen molar-refractivity contribution in [1.29, 1.82) is 0 Å². The first-order valence-electron chi connectivity index (χ1n) is 7.02. The molecule has 1 aromatic heterocycles. The van der Waals surface area contributed by atoms with Crippen molar-refractivity contribution in [3.63, 3.8) is 0 Å². The van der Waals surface area contributed by atoms with Crippen LogP contribution in [0.4, 0.5) is 5.69 Å². The van der Waals surface area contributed by atoms with Crippen molar-refractivity contribution >= 4 is 5.69 Å². The largest absolute Gasteiger partial charge is 0.508 e. The number of anilines is 1. The van der Waals surface area contributed by atoms with Gasteiger partial charge in [0.2, 0.25) is 5.89 Å². The molecule has 21 heavy (non-hydrogen) atoms. The second-order valence-corrected chi connectivity index (χ2v) is 5.09. The van der Waals surface area contributed by atoms with Gasteiger partial charge in [0.15, 0.2) is 5.82 Å². The van der Waals surface area contributed by atoms with Crippen molar-refractivity contribution in [3.05, 3.63) is 36.0 Å². The van der Waals surface area contributed by atoms with E-state index in [9.17, 15) is 5.11 Å². The maximum Gasteiger partial charge on any atom is 0.240 e. The Morgan fingerprint density at radius 3 is 2.48 bits per heavy atom. The molecule has 112 valence electrons. The van der Waals surface area contributed by atoms with Gasteiger partial charge in [-0.15, -0.1) is 0 Å². The van der Waals surface area contributed by atoms with E-state index in [0.29, 0.717) is 24.0 Å². The Hall–Kier alpha value is -2.12. The minimum Gasteiger partial charge on any atom is -0.508 e. The zero-order chi connectivity index (χ0) is 14.7. The van der Waals surface area contributed by atoms with Gasteiger partial charge in [-0.3, -0.25) is 4.90 Å². The predicted molar refractivity (Wildman–Crippen MR) is 77.8 cm³/mol. The summed E-state index contributed by atoms with van der Waals surface area (Å²) in [4.78, 5) is 8.82. The van der Waals surface area contributed by atoms with Crippen LogP contribution in [0.25, 0.3) is 0 Å². The molecule has 1 aromatic carbocycles. The fourth-order valence-corrected chi connectivity index (χ4v) is 2.46. The minimum atomic E-state index is 0.279. The lowest BCUT2D eigenvalue weighted by atomic mass is 10.2. The molecule has 0 spiro atoms. The Balaban J connectivity index is 1.54. The summed E-state index contributed by atoms with van der Waals surface area (Å²) >= 11 is 0. The molecule has 3 N–H and O–H groups in total. The third-order valence-corrected chi connectivity index (χ3v) is 3.64. The number of aromatic nitrogens is 2. The van der Waals surface area contributed by atoms with E-state index in [4.69, 9.17) is 10.3 Å². The molecule has 7 nitrogen and oxygen atoms in total.